The van der Waals surface area contributed by atoms with Crippen molar-refractivity contribution in [2.45, 2.75) is 84.0 Å². The highest BCUT2D eigenvalue weighted by Crippen LogP contribution is 2.39. The first kappa shape index (κ1) is 24.2. The maximum absolute atomic E-state index is 11.9. The third-order valence-electron chi connectivity index (χ3n) is 5.80. The number of carbonyl (C=O) groups is 3. The highest BCUT2D eigenvalue weighted by molar-refractivity contribution is 5.81. The fourth-order valence-electron chi connectivity index (χ4n) is 4.28. The Morgan fingerprint density at radius 2 is 1.11 bits per heavy atom. The predicted molar refractivity (Wildman–Crippen MR) is 107 cm³/mol. The van der Waals surface area contributed by atoms with Crippen molar-refractivity contribution in [1.82, 2.24) is 0 Å². The van der Waals surface area contributed by atoms with Crippen LogP contribution in [0.3, 0.4) is 0 Å². The lowest BCUT2D eigenvalue weighted by Crippen LogP contribution is -2.41. The molecule has 28 heavy (non-hydrogen) atoms. The molecule has 0 radical (unpaired) electrons. The van der Waals surface area contributed by atoms with E-state index in [0.717, 1.165) is 57.8 Å². The lowest BCUT2D eigenvalue weighted by atomic mass is 9.67. The van der Waals surface area contributed by atoms with Crippen molar-refractivity contribution in [2.24, 2.45) is 23.7 Å². The van der Waals surface area contributed by atoms with Crippen molar-refractivity contribution in [1.29, 1.82) is 0 Å². The quantitative estimate of drug-likeness (QED) is 0.266. The van der Waals surface area contributed by atoms with Crippen LogP contribution in [0.4, 0.5) is 0 Å². The van der Waals surface area contributed by atoms with Crippen LogP contribution < -0.4 is 0 Å². The van der Waals surface area contributed by atoms with Crippen LogP contribution in [0.25, 0.3) is 0 Å². The van der Waals surface area contributed by atoms with Crippen LogP contribution in [-0.2, 0) is 14.4 Å². The Hall–Kier alpha value is -1.85. The van der Waals surface area contributed by atoms with Crippen LogP contribution in [-0.4, -0.2) is 33.2 Å². The molecule has 4 unspecified atom stereocenters. The van der Waals surface area contributed by atoms with Gasteiger partial charge in [-0.1, -0.05) is 70.4 Å². The van der Waals surface area contributed by atoms with Gasteiger partial charge in [0.1, 0.15) is 0 Å². The number of hydrogen-bond donors (Lipinski definition) is 3. The molecule has 0 aromatic carbocycles. The summed E-state index contributed by atoms with van der Waals surface area (Å²) in [4.78, 5) is 34.3. The molecule has 0 heterocycles. The smallest absolute Gasteiger partial charge is 0.307 e. The predicted octanol–water partition coefficient (Wildman–Crippen LogP) is 4.98. The molecule has 6 heteroatoms. The number of carboxylic acid groups (broad SMARTS) is 3. The second kappa shape index (κ2) is 13.3. The van der Waals surface area contributed by atoms with Crippen molar-refractivity contribution in [3.8, 4) is 0 Å². The van der Waals surface area contributed by atoms with Crippen LogP contribution in [0.15, 0.2) is 12.2 Å². The molecule has 0 bridgehead atoms. The fourth-order valence-corrected chi connectivity index (χ4v) is 4.28. The topological polar surface area (TPSA) is 112 Å². The molecule has 160 valence electrons. The highest BCUT2D eigenvalue weighted by atomic mass is 16.4. The van der Waals surface area contributed by atoms with E-state index < -0.39 is 29.7 Å². The van der Waals surface area contributed by atoms with Gasteiger partial charge in [-0.3, -0.25) is 14.4 Å². The first-order valence-corrected chi connectivity index (χ1v) is 10.7. The molecule has 4 atom stereocenters. The Labute approximate surface area is 168 Å². The summed E-state index contributed by atoms with van der Waals surface area (Å²) in [6.45, 7) is 2.12. The third kappa shape index (κ3) is 8.44. The van der Waals surface area contributed by atoms with Crippen molar-refractivity contribution in [3.63, 3.8) is 0 Å². The van der Waals surface area contributed by atoms with E-state index in [2.05, 4.69) is 6.92 Å². The lowest BCUT2D eigenvalue weighted by molar-refractivity contribution is -0.158. The molecular weight excluding hydrogens is 360 g/mol. The minimum Gasteiger partial charge on any atom is -0.481 e. The Balaban J connectivity index is 2.58. The zero-order chi connectivity index (χ0) is 20.9. The zero-order valence-corrected chi connectivity index (χ0v) is 17.0. The highest BCUT2D eigenvalue weighted by Gasteiger charge is 2.44. The first-order valence-electron chi connectivity index (χ1n) is 10.7. The Bertz CT molecular complexity index is 527. The van der Waals surface area contributed by atoms with Crippen molar-refractivity contribution in [2.75, 3.05) is 0 Å². The van der Waals surface area contributed by atoms with Crippen LogP contribution in [0, 0.1) is 23.7 Å². The van der Waals surface area contributed by atoms with E-state index in [-0.39, 0.29) is 18.3 Å². The summed E-state index contributed by atoms with van der Waals surface area (Å²) in [6.07, 6.45) is 13.9. The van der Waals surface area contributed by atoms with Gasteiger partial charge in [0.05, 0.1) is 11.8 Å². The number of rotatable bonds is 15. The van der Waals surface area contributed by atoms with E-state index in [1.807, 2.05) is 12.2 Å². The van der Waals surface area contributed by atoms with Gasteiger partial charge < -0.3 is 15.3 Å². The molecule has 3 N–H and O–H groups in total. The normalized spacial score (nSPS) is 24.2. The van der Waals surface area contributed by atoms with Crippen molar-refractivity contribution >= 4 is 17.9 Å². The summed E-state index contributed by atoms with van der Waals surface area (Å²) in [5.41, 5.74) is 0. The molecule has 0 aliphatic heterocycles. The molecule has 1 rings (SSSR count). The van der Waals surface area contributed by atoms with Crippen molar-refractivity contribution < 1.29 is 29.7 Å². The number of aliphatic carboxylic acids is 3. The van der Waals surface area contributed by atoms with E-state index in [9.17, 15) is 24.6 Å². The molecule has 0 amide bonds. The second-order valence-corrected chi connectivity index (χ2v) is 7.99. The summed E-state index contributed by atoms with van der Waals surface area (Å²) in [7, 11) is 0. The van der Waals surface area contributed by atoms with Gasteiger partial charge in [-0.25, -0.2) is 0 Å². The van der Waals surface area contributed by atoms with E-state index in [4.69, 9.17) is 5.11 Å². The number of hydrogen-bond acceptors (Lipinski definition) is 3. The molecule has 0 aromatic heterocycles. The Kier molecular flexibility index (Phi) is 11.5. The van der Waals surface area contributed by atoms with Gasteiger partial charge in [0, 0.05) is 6.42 Å². The van der Waals surface area contributed by atoms with Gasteiger partial charge in [0.15, 0.2) is 0 Å². The van der Waals surface area contributed by atoms with Gasteiger partial charge in [0.25, 0.3) is 0 Å². The van der Waals surface area contributed by atoms with Crippen LogP contribution in [0.5, 0.6) is 0 Å². The summed E-state index contributed by atoms with van der Waals surface area (Å²) in [6, 6.07) is 0. The molecule has 6 nitrogen and oxygen atoms in total. The monoisotopic (exact) mass is 396 g/mol. The lowest BCUT2D eigenvalue weighted by Gasteiger charge is -2.35. The minimum atomic E-state index is -1.01. The number of unbranched alkanes of at least 4 members (excludes halogenated alkanes) is 7. The van der Waals surface area contributed by atoms with Crippen LogP contribution in [0.2, 0.25) is 0 Å². The molecule has 0 fully saturated rings. The second-order valence-electron chi connectivity index (χ2n) is 7.99. The molecular formula is C22H36O6. The average molecular weight is 397 g/mol. The zero-order valence-electron chi connectivity index (χ0n) is 17.0. The van der Waals surface area contributed by atoms with E-state index in [0.29, 0.717) is 12.8 Å². The van der Waals surface area contributed by atoms with Crippen molar-refractivity contribution in [3.05, 3.63) is 12.2 Å². The molecule has 0 aromatic rings. The molecule has 1 aliphatic carbocycles. The number of allylic oxidation sites excluding steroid dienone is 2. The average Bonchev–Trinajstić information content (AvgIpc) is 2.63. The maximum Gasteiger partial charge on any atom is 0.307 e. The summed E-state index contributed by atoms with van der Waals surface area (Å²) in [5.74, 6) is -4.97. The summed E-state index contributed by atoms with van der Waals surface area (Å²) < 4.78 is 0. The summed E-state index contributed by atoms with van der Waals surface area (Å²) in [5, 5.41) is 28.1. The first-order chi connectivity index (χ1) is 13.4. The van der Waals surface area contributed by atoms with Gasteiger partial charge in [-0.15, -0.1) is 0 Å². The van der Waals surface area contributed by atoms with Crippen LogP contribution >= 0.6 is 0 Å². The van der Waals surface area contributed by atoms with Gasteiger partial charge in [-0.05, 0) is 31.1 Å². The Morgan fingerprint density at radius 1 is 0.679 bits per heavy atom. The summed E-state index contributed by atoms with van der Waals surface area (Å²) >= 11 is 0. The standard InChI is InChI=1S/C22H36O6/c1-2-3-4-8-11-16-14-15-17(20(22(27)28)19(16)21(25)26)12-9-6-5-7-10-13-18(23)24/h14-17,19-20H,2-13H2,1H3,(H,23,24)(H,25,26)(H,27,28). The molecule has 0 saturated carbocycles. The number of carboxylic acids is 3. The van der Waals surface area contributed by atoms with Gasteiger partial charge >= 0.3 is 17.9 Å². The SMILES string of the molecule is CCCCCCC1C=CC(CCCCCCCC(=O)O)C(C(=O)O)C1C(=O)O. The fraction of sp³-hybridized carbons (Fsp3) is 0.773. The Morgan fingerprint density at radius 3 is 1.54 bits per heavy atom. The maximum atomic E-state index is 11.9. The third-order valence-corrected chi connectivity index (χ3v) is 5.80. The van der Waals surface area contributed by atoms with E-state index in [1.54, 1.807) is 0 Å². The van der Waals surface area contributed by atoms with E-state index >= 15 is 0 Å². The minimum absolute atomic E-state index is 0.187. The van der Waals surface area contributed by atoms with Crippen LogP contribution in [0.1, 0.15) is 84.0 Å². The molecule has 0 spiro atoms. The van der Waals surface area contributed by atoms with E-state index in [1.165, 1.54) is 0 Å². The van der Waals surface area contributed by atoms with Gasteiger partial charge in [0.2, 0.25) is 0 Å². The molecule has 1 aliphatic rings. The largest absolute Gasteiger partial charge is 0.481 e. The molecule has 0 saturated heterocycles. The van der Waals surface area contributed by atoms with Gasteiger partial charge in [-0.2, -0.15) is 0 Å².